The van der Waals surface area contributed by atoms with Crippen molar-refractivity contribution in [2.45, 2.75) is 12.8 Å². The molecule has 7 nitrogen and oxygen atoms in total. The first-order valence-electron chi connectivity index (χ1n) is 7.42. The quantitative estimate of drug-likeness (QED) is 0.873. The van der Waals surface area contributed by atoms with Gasteiger partial charge in [-0.2, -0.15) is 5.10 Å². The first-order valence-corrected chi connectivity index (χ1v) is 7.80. The molecule has 2 aliphatic heterocycles. The van der Waals surface area contributed by atoms with Crippen LogP contribution in [-0.2, 0) is 14.3 Å². The Balaban J connectivity index is 1.68. The third-order valence-corrected chi connectivity index (χ3v) is 4.03. The van der Waals surface area contributed by atoms with E-state index in [4.69, 9.17) is 16.3 Å². The number of carbonyl (C=O) groups is 2. The predicted molar refractivity (Wildman–Crippen MR) is 87.9 cm³/mol. The number of nitrogens with zero attached hydrogens (tertiary/aromatic N) is 2. The number of ether oxygens (including phenoxy) is 1. The fraction of sp³-hybridized carbons (Fsp3) is 0.400. The number of amides is 2. The molecule has 1 saturated heterocycles. The molecular weight excluding hydrogens is 320 g/mol. The molecular formula is C15H17ClN4O3. The van der Waals surface area contributed by atoms with Crippen LogP contribution in [0, 0.1) is 0 Å². The summed E-state index contributed by atoms with van der Waals surface area (Å²) in [5.41, 5.74) is 4.13. The Morgan fingerprint density at radius 1 is 1.30 bits per heavy atom. The van der Waals surface area contributed by atoms with Crippen LogP contribution >= 0.6 is 11.6 Å². The van der Waals surface area contributed by atoms with Crippen molar-refractivity contribution in [2.24, 2.45) is 5.10 Å². The standard InChI is InChI=1S/C15H17ClN4O3/c16-11-9-10(1-3-13(11)20-5-7-23-8-6-20)17-15(22)12-2-4-14(21)19-18-12/h1,3,9H,2,4-8H2,(H,17,22)(H,19,21). The molecule has 8 heteroatoms. The van der Waals surface area contributed by atoms with Gasteiger partial charge in [0.05, 0.1) is 23.9 Å². The van der Waals surface area contributed by atoms with E-state index in [1.807, 2.05) is 6.07 Å². The molecule has 2 N–H and O–H groups in total. The molecule has 2 heterocycles. The maximum Gasteiger partial charge on any atom is 0.271 e. The third-order valence-electron chi connectivity index (χ3n) is 3.72. The molecule has 0 spiro atoms. The third kappa shape index (κ3) is 3.80. The van der Waals surface area contributed by atoms with Crippen molar-refractivity contribution >= 4 is 40.5 Å². The Hall–Kier alpha value is -2.12. The van der Waals surface area contributed by atoms with Crippen molar-refractivity contribution in [2.75, 3.05) is 36.5 Å². The molecule has 0 atom stereocenters. The van der Waals surface area contributed by atoms with Crippen molar-refractivity contribution < 1.29 is 14.3 Å². The first-order chi connectivity index (χ1) is 11.1. The number of carbonyl (C=O) groups excluding carboxylic acids is 2. The van der Waals surface area contributed by atoms with Gasteiger partial charge in [-0.25, -0.2) is 5.43 Å². The van der Waals surface area contributed by atoms with Crippen LogP contribution in [0.2, 0.25) is 5.02 Å². The van der Waals surface area contributed by atoms with Crippen molar-refractivity contribution in [1.29, 1.82) is 0 Å². The van der Waals surface area contributed by atoms with Gasteiger partial charge in [0.2, 0.25) is 5.91 Å². The number of hydrazone groups is 1. The number of hydrogen-bond donors (Lipinski definition) is 2. The molecule has 1 aromatic carbocycles. The Bertz CT molecular complexity index is 656. The van der Waals surface area contributed by atoms with E-state index in [9.17, 15) is 9.59 Å². The molecule has 0 aromatic heterocycles. The smallest absolute Gasteiger partial charge is 0.271 e. The molecule has 0 aliphatic carbocycles. The van der Waals surface area contributed by atoms with E-state index in [0.29, 0.717) is 36.1 Å². The number of morpholine rings is 1. The summed E-state index contributed by atoms with van der Waals surface area (Å²) in [7, 11) is 0. The Morgan fingerprint density at radius 2 is 2.09 bits per heavy atom. The van der Waals surface area contributed by atoms with Gasteiger partial charge in [0.25, 0.3) is 5.91 Å². The van der Waals surface area contributed by atoms with Crippen LogP contribution in [0.1, 0.15) is 12.8 Å². The maximum absolute atomic E-state index is 12.1. The number of anilines is 2. The van der Waals surface area contributed by atoms with Crippen LogP contribution in [-0.4, -0.2) is 43.8 Å². The fourth-order valence-electron chi connectivity index (χ4n) is 2.49. The Kier molecular flexibility index (Phi) is 4.78. The van der Waals surface area contributed by atoms with Gasteiger partial charge in [0, 0.05) is 31.6 Å². The van der Waals surface area contributed by atoms with Crippen LogP contribution in [0.3, 0.4) is 0 Å². The topological polar surface area (TPSA) is 83.0 Å². The summed E-state index contributed by atoms with van der Waals surface area (Å²) in [6.07, 6.45) is 0.597. The molecule has 23 heavy (non-hydrogen) atoms. The second-order valence-electron chi connectivity index (χ2n) is 5.31. The zero-order chi connectivity index (χ0) is 16.2. The predicted octanol–water partition coefficient (Wildman–Crippen LogP) is 1.38. The highest BCUT2D eigenvalue weighted by molar-refractivity contribution is 6.43. The minimum atomic E-state index is -0.333. The highest BCUT2D eigenvalue weighted by Gasteiger charge is 2.19. The van der Waals surface area contributed by atoms with E-state index < -0.39 is 0 Å². The van der Waals surface area contributed by atoms with Crippen molar-refractivity contribution in [3.8, 4) is 0 Å². The molecule has 122 valence electrons. The summed E-state index contributed by atoms with van der Waals surface area (Å²) in [5, 5.41) is 7.09. The maximum atomic E-state index is 12.1. The minimum absolute atomic E-state index is 0.181. The highest BCUT2D eigenvalue weighted by atomic mass is 35.5. The molecule has 2 aliphatic rings. The van der Waals surface area contributed by atoms with Crippen molar-refractivity contribution in [3.05, 3.63) is 23.2 Å². The summed E-state index contributed by atoms with van der Waals surface area (Å²) in [6, 6.07) is 5.40. The number of rotatable bonds is 3. The van der Waals surface area contributed by atoms with E-state index >= 15 is 0 Å². The summed E-state index contributed by atoms with van der Waals surface area (Å²) in [4.78, 5) is 25.3. The lowest BCUT2D eigenvalue weighted by Gasteiger charge is -2.29. The van der Waals surface area contributed by atoms with E-state index in [0.717, 1.165) is 18.8 Å². The fourth-order valence-corrected chi connectivity index (χ4v) is 2.79. The van der Waals surface area contributed by atoms with Gasteiger partial charge >= 0.3 is 0 Å². The number of nitrogens with one attached hydrogen (secondary N) is 2. The molecule has 1 fully saturated rings. The van der Waals surface area contributed by atoms with E-state index in [1.165, 1.54) is 0 Å². The van der Waals surface area contributed by atoms with Crippen LogP contribution in [0.4, 0.5) is 11.4 Å². The molecule has 0 saturated carbocycles. The van der Waals surface area contributed by atoms with Gasteiger partial charge in [0.1, 0.15) is 5.71 Å². The zero-order valence-corrected chi connectivity index (χ0v) is 13.2. The molecule has 1 aromatic rings. The van der Waals surface area contributed by atoms with Gasteiger partial charge in [0.15, 0.2) is 0 Å². The highest BCUT2D eigenvalue weighted by Crippen LogP contribution is 2.29. The van der Waals surface area contributed by atoms with E-state index in [1.54, 1.807) is 12.1 Å². The van der Waals surface area contributed by atoms with Crippen LogP contribution in [0.25, 0.3) is 0 Å². The van der Waals surface area contributed by atoms with Gasteiger partial charge in [-0.15, -0.1) is 0 Å². The Morgan fingerprint density at radius 3 is 2.74 bits per heavy atom. The monoisotopic (exact) mass is 336 g/mol. The van der Waals surface area contributed by atoms with E-state index in [2.05, 4.69) is 20.7 Å². The van der Waals surface area contributed by atoms with Crippen molar-refractivity contribution in [1.82, 2.24) is 5.43 Å². The SMILES string of the molecule is O=C1CCC(C(=O)Nc2ccc(N3CCOCC3)c(Cl)c2)=NN1. The molecule has 0 bridgehead atoms. The summed E-state index contributed by atoms with van der Waals surface area (Å²) >= 11 is 6.33. The number of halogens is 1. The zero-order valence-electron chi connectivity index (χ0n) is 12.5. The summed E-state index contributed by atoms with van der Waals surface area (Å²) in [6.45, 7) is 2.95. The number of benzene rings is 1. The second kappa shape index (κ2) is 6.97. The van der Waals surface area contributed by atoms with Crippen LogP contribution < -0.4 is 15.6 Å². The first kappa shape index (κ1) is 15.8. The van der Waals surface area contributed by atoms with E-state index in [-0.39, 0.29) is 18.2 Å². The van der Waals surface area contributed by atoms with Crippen molar-refractivity contribution in [3.63, 3.8) is 0 Å². The van der Waals surface area contributed by atoms with Gasteiger partial charge in [-0.1, -0.05) is 11.6 Å². The lowest BCUT2D eigenvalue weighted by atomic mass is 10.1. The molecule has 2 amide bonds. The van der Waals surface area contributed by atoms with Crippen LogP contribution in [0.15, 0.2) is 23.3 Å². The summed E-state index contributed by atoms with van der Waals surface area (Å²) < 4.78 is 5.33. The Labute approximate surface area is 138 Å². The molecule has 0 unspecified atom stereocenters. The normalized spacial score (nSPS) is 18.2. The lowest BCUT2D eigenvalue weighted by molar-refractivity contribution is -0.121. The molecule has 3 rings (SSSR count). The number of hydrogen-bond acceptors (Lipinski definition) is 5. The van der Waals surface area contributed by atoms with Gasteiger partial charge in [-0.05, 0) is 18.2 Å². The minimum Gasteiger partial charge on any atom is -0.378 e. The average molecular weight is 337 g/mol. The summed E-state index contributed by atoms with van der Waals surface area (Å²) in [5.74, 6) is -0.514. The molecule has 0 radical (unpaired) electrons. The van der Waals surface area contributed by atoms with Gasteiger partial charge < -0.3 is 15.0 Å². The lowest BCUT2D eigenvalue weighted by Crippen LogP contribution is -2.36. The average Bonchev–Trinajstić information content (AvgIpc) is 2.56. The van der Waals surface area contributed by atoms with Gasteiger partial charge in [-0.3, -0.25) is 9.59 Å². The largest absolute Gasteiger partial charge is 0.378 e. The van der Waals surface area contributed by atoms with Crippen LogP contribution in [0.5, 0.6) is 0 Å². The second-order valence-corrected chi connectivity index (χ2v) is 5.72.